The van der Waals surface area contributed by atoms with Gasteiger partial charge in [-0.1, -0.05) is 60.1 Å². The van der Waals surface area contributed by atoms with Gasteiger partial charge in [-0.15, -0.1) is 0 Å². The summed E-state index contributed by atoms with van der Waals surface area (Å²) in [5, 5.41) is 10.2. The molecule has 0 heterocycles. The third kappa shape index (κ3) is 2.78. The maximum atomic E-state index is 13.4. The van der Waals surface area contributed by atoms with Crippen LogP contribution in [0.5, 0.6) is 0 Å². The zero-order valence-electron chi connectivity index (χ0n) is 22.1. The number of fused-ring (bicyclic) bond motifs is 7. The molecule has 3 heteroatoms. The zero-order valence-corrected chi connectivity index (χ0v) is 22.1. The number of carbonyl (C=O) groups excluding carboxylic acids is 2. The van der Waals surface area contributed by atoms with E-state index in [1.165, 1.54) is 12.0 Å². The number of rotatable bonds is 1. The van der Waals surface area contributed by atoms with Crippen LogP contribution in [0.4, 0.5) is 0 Å². The molecule has 0 bridgehead atoms. The molecule has 5 aliphatic carbocycles. The lowest BCUT2D eigenvalue weighted by atomic mass is 9.33. The summed E-state index contributed by atoms with van der Waals surface area (Å²) in [4.78, 5) is 26.3. The van der Waals surface area contributed by atoms with Crippen molar-refractivity contribution in [1.82, 2.24) is 0 Å². The van der Waals surface area contributed by atoms with Gasteiger partial charge in [0.25, 0.3) is 0 Å². The molecule has 0 amide bonds. The molecule has 4 saturated carbocycles. The normalized spacial score (nSPS) is 53.3. The molecule has 8 atom stereocenters. The molecule has 33 heavy (non-hydrogen) atoms. The Kier molecular flexibility index (Phi) is 4.92. The van der Waals surface area contributed by atoms with Crippen molar-refractivity contribution in [1.29, 1.82) is 0 Å². The fourth-order valence-corrected chi connectivity index (χ4v) is 10.3. The van der Waals surface area contributed by atoms with E-state index in [9.17, 15) is 14.7 Å². The Morgan fingerprint density at radius 1 is 0.909 bits per heavy atom. The van der Waals surface area contributed by atoms with Crippen LogP contribution in [0.25, 0.3) is 0 Å². The Morgan fingerprint density at radius 2 is 1.61 bits per heavy atom. The number of carbonyl (C=O) groups is 2. The number of ketones is 2. The first kappa shape index (κ1) is 23.8. The van der Waals surface area contributed by atoms with Gasteiger partial charge >= 0.3 is 0 Å². The Bertz CT molecular complexity index is 931. The largest absolute Gasteiger partial charge is 0.396 e. The molecular weight excluding hydrogens is 408 g/mol. The van der Waals surface area contributed by atoms with Gasteiger partial charge in [-0.05, 0) is 84.4 Å². The average Bonchev–Trinajstić information content (AvgIpc) is 2.73. The highest BCUT2D eigenvalue weighted by molar-refractivity contribution is 5.87. The highest BCUT2D eigenvalue weighted by Gasteiger charge is 2.68. The highest BCUT2D eigenvalue weighted by atomic mass is 16.3. The number of aliphatic hydroxyl groups excluding tert-OH is 1. The van der Waals surface area contributed by atoms with Gasteiger partial charge in [0.1, 0.15) is 11.6 Å². The van der Waals surface area contributed by atoms with E-state index in [0.717, 1.165) is 44.9 Å². The van der Waals surface area contributed by atoms with E-state index in [1.54, 1.807) is 0 Å². The predicted molar refractivity (Wildman–Crippen MR) is 132 cm³/mol. The SMILES string of the molecule is CC1(C)C(=O)CC[C@]2(C)[C@H]3CC=C4[C@@H]5C[C@](C)(CO)CC(=O)[C@]5(C)CC[C@@]4(C)[C@]3(C)CC[C@@H]12. The standard InChI is InChI=1S/C30H46O3/c1-25(2)21-10-13-30(7)22(28(21,5)12-11-23(25)32)9-8-19-20-16-26(3,18-31)17-24(33)27(20,4)14-15-29(19,30)6/h8,20-22,31H,9-18H2,1-7H3/t20-,21-,22+,26-,27+,28-,29+,30+/m0/s1. The maximum absolute atomic E-state index is 13.4. The first-order chi connectivity index (χ1) is 15.2. The van der Waals surface area contributed by atoms with Crippen LogP contribution in [0.1, 0.15) is 106 Å². The van der Waals surface area contributed by atoms with Gasteiger partial charge in [-0.2, -0.15) is 0 Å². The molecule has 0 aromatic heterocycles. The fourth-order valence-electron chi connectivity index (χ4n) is 10.3. The van der Waals surface area contributed by atoms with Gasteiger partial charge in [0.05, 0.1) is 0 Å². The van der Waals surface area contributed by atoms with Gasteiger partial charge in [0.2, 0.25) is 0 Å². The van der Waals surface area contributed by atoms with Crippen molar-refractivity contribution in [2.75, 3.05) is 6.61 Å². The van der Waals surface area contributed by atoms with Crippen molar-refractivity contribution >= 4 is 11.6 Å². The van der Waals surface area contributed by atoms with Crippen LogP contribution < -0.4 is 0 Å². The van der Waals surface area contributed by atoms with E-state index in [1.807, 2.05) is 0 Å². The molecule has 0 aromatic rings. The van der Waals surface area contributed by atoms with E-state index in [-0.39, 0.29) is 45.0 Å². The molecule has 0 saturated heterocycles. The molecular formula is C30H46O3. The minimum atomic E-state index is -0.296. The Labute approximate surface area is 201 Å². The monoisotopic (exact) mass is 454 g/mol. The minimum absolute atomic E-state index is 0.0909. The van der Waals surface area contributed by atoms with Gasteiger partial charge < -0.3 is 5.11 Å². The Balaban J connectivity index is 1.59. The molecule has 5 rings (SSSR count). The van der Waals surface area contributed by atoms with Gasteiger partial charge in [0.15, 0.2) is 0 Å². The molecule has 0 unspecified atom stereocenters. The third-order valence-corrected chi connectivity index (χ3v) is 12.9. The van der Waals surface area contributed by atoms with Crippen LogP contribution in [0.3, 0.4) is 0 Å². The topological polar surface area (TPSA) is 54.4 Å². The zero-order chi connectivity index (χ0) is 24.2. The van der Waals surface area contributed by atoms with Crippen LogP contribution in [0, 0.1) is 50.2 Å². The smallest absolute Gasteiger partial charge is 0.139 e. The van der Waals surface area contributed by atoms with Gasteiger partial charge in [0, 0.05) is 30.3 Å². The summed E-state index contributed by atoms with van der Waals surface area (Å²) < 4.78 is 0. The Hall–Kier alpha value is -0.960. The summed E-state index contributed by atoms with van der Waals surface area (Å²) >= 11 is 0. The summed E-state index contributed by atoms with van der Waals surface area (Å²) in [6, 6.07) is 0. The molecule has 0 aliphatic heterocycles. The molecule has 184 valence electrons. The highest BCUT2D eigenvalue weighted by Crippen LogP contribution is 2.75. The molecule has 1 N–H and O–H groups in total. The average molecular weight is 455 g/mol. The Morgan fingerprint density at radius 3 is 2.27 bits per heavy atom. The van der Waals surface area contributed by atoms with E-state index >= 15 is 0 Å². The second-order valence-corrected chi connectivity index (χ2v) is 14.7. The lowest BCUT2D eigenvalue weighted by Gasteiger charge is -2.70. The van der Waals surface area contributed by atoms with Crippen LogP contribution in [0.2, 0.25) is 0 Å². The molecule has 0 spiro atoms. The second-order valence-electron chi connectivity index (χ2n) is 14.7. The third-order valence-electron chi connectivity index (χ3n) is 12.9. The van der Waals surface area contributed by atoms with Crippen LogP contribution in [0.15, 0.2) is 11.6 Å². The first-order valence-electron chi connectivity index (χ1n) is 13.6. The summed E-state index contributed by atoms with van der Waals surface area (Å²) in [6.07, 6.45) is 11.2. The molecule has 3 nitrogen and oxygen atoms in total. The lowest BCUT2D eigenvalue weighted by molar-refractivity contribution is -0.185. The lowest BCUT2D eigenvalue weighted by Crippen LogP contribution is -2.64. The van der Waals surface area contributed by atoms with Crippen LogP contribution in [-0.2, 0) is 9.59 Å². The van der Waals surface area contributed by atoms with Crippen molar-refractivity contribution in [3.63, 3.8) is 0 Å². The molecule has 0 aromatic carbocycles. The van der Waals surface area contributed by atoms with Crippen LogP contribution in [-0.4, -0.2) is 23.3 Å². The van der Waals surface area contributed by atoms with Crippen molar-refractivity contribution < 1.29 is 14.7 Å². The van der Waals surface area contributed by atoms with E-state index in [2.05, 4.69) is 54.5 Å². The van der Waals surface area contributed by atoms with Gasteiger partial charge in [-0.3, -0.25) is 9.59 Å². The molecule has 5 aliphatic rings. The fraction of sp³-hybridized carbons (Fsp3) is 0.867. The molecule has 4 fully saturated rings. The summed E-state index contributed by atoms with van der Waals surface area (Å²) in [6.45, 7) is 16.4. The van der Waals surface area contributed by atoms with Crippen molar-refractivity contribution in [2.24, 2.45) is 50.2 Å². The van der Waals surface area contributed by atoms with Crippen LogP contribution >= 0.6 is 0 Å². The van der Waals surface area contributed by atoms with Gasteiger partial charge in [-0.25, -0.2) is 0 Å². The quantitative estimate of drug-likeness (QED) is 0.458. The molecule has 0 radical (unpaired) electrons. The van der Waals surface area contributed by atoms with E-state index in [0.29, 0.717) is 29.8 Å². The number of aliphatic hydroxyl groups is 1. The van der Waals surface area contributed by atoms with Crippen molar-refractivity contribution in [3.05, 3.63) is 11.6 Å². The number of Topliss-reactive ketones (excluding diaryl/α,β-unsaturated/α-hetero) is 2. The van der Waals surface area contributed by atoms with Crippen molar-refractivity contribution in [2.45, 2.75) is 106 Å². The van der Waals surface area contributed by atoms with Crippen molar-refractivity contribution in [3.8, 4) is 0 Å². The second kappa shape index (κ2) is 6.83. The predicted octanol–water partition coefficient (Wildman–Crippen LogP) is 6.53. The van der Waals surface area contributed by atoms with E-state index < -0.39 is 0 Å². The number of allylic oxidation sites excluding steroid dienone is 2. The maximum Gasteiger partial charge on any atom is 0.139 e. The number of hydrogen-bond donors (Lipinski definition) is 1. The number of hydrogen-bond acceptors (Lipinski definition) is 3. The minimum Gasteiger partial charge on any atom is -0.396 e. The summed E-state index contributed by atoms with van der Waals surface area (Å²) in [5.74, 6) is 2.13. The summed E-state index contributed by atoms with van der Waals surface area (Å²) in [5.41, 5.74) is 1.22. The first-order valence-corrected chi connectivity index (χ1v) is 13.6. The van der Waals surface area contributed by atoms with E-state index in [4.69, 9.17) is 0 Å². The summed E-state index contributed by atoms with van der Waals surface area (Å²) in [7, 11) is 0.